The van der Waals surface area contributed by atoms with E-state index in [1.165, 1.54) is 0 Å². The Morgan fingerprint density at radius 1 is 1.53 bits per heavy atom. The summed E-state index contributed by atoms with van der Waals surface area (Å²) >= 11 is 6.20. The second kappa shape index (κ2) is 6.99. The zero-order valence-electron chi connectivity index (χ0n) is 11.2. The highest BCUT2D eigenvalue weighted by Crippen LogP contribution is 2.24. The molecule has 17 heavy (non-hydrogen) atoms. The fourth-order valence-corrected chi connectivity index (χ4v) is 2.15. The normalized spacial score (nSPS) is 13.3. The van der Waals surface area contributed by atoms with Gasteiger partial charge in [0.05, 0.1) is 23.0 Å². The molecule has 1 aromatic rings. The topological polar surface area (TPSA) is 33.1 Å². The molecule has 0 fully saturated rings. The fourth-order valence-electron chi connectivity index (χ4n) is 1.85. The van der Waals surface area contributed by atoms with Crippen molar-refractivity contribution in [3.05, 3.63) is 16.9 Å². The van der Waals surface area contributed by atoms with Gasteiger partial charge in [0.2, 0.25) is 0 Å². The maximum Gasteiger partial charge on any atom is 0.0834 e. The predicted molar refractivity (Wildman–Crippen MR) is 72.4 cm³/mol. The van der Waals surface area contributed by atoms with Crippen LogP contribution >= 0.6 is 11.6 Å². The van der Waals surface area contributed by atoms with Gasteiger partial charge in [-0.2, -0.15) is 5.10 Å². The Bertz CT molecular complexity index is 316. The Hall–Kier alpha value is -0.580. The highest BCUT2D eigenvalue weighted by molar-refractivity contribution is 6.31. The van der Waals surface area contributed by atoms with E-state index in [4.69, 9.17) is 11.6 Å². The van der Waals surface area contributed by atoms with Gasteiger partial charge in [0.15, 0.2) is 0 Å². The lowest BCUT2D eigenvalue weighted by Gasteiger charge is -2.21. The van der Waals surface area contributed by atoms with Crippen molar-refractivity contribution in [2.24, 2.45) is 7.05 Å². The van der Waals surface area contributed by atoms with E-state index >= 15 is 0 Å². The molecule has 0 saturated heterocycles. The van der Waals surface area contributed by atoms with E-state index in [0.717, 1.165) is 36.6 Å². The number of halogens is 1. The second-order valence-electron chi connectivity index (χ2n) is 4.60. The van der Waals surface area contributed by atoms with E-state index < -0.39 is 0 Å². The summed E-state index contributed by atoms with van der Waals surface area (Å²) in [5, 5.41) is 8.49. The number of nitrogens with one attached hydrogen (secondary N) is 1. The van der Waals surface area contributed by atoms with Crippen molar-refractivity contribution in [2.75, 3.05) is 27.2 Å². The molecule has 0 bridgehead atoms. The van der Waals surface area contributed by atoms with Crippen LogP contribution in [0.4, 0.5) is 0 Å². The van der Waals surface area contributed by atoms with Gasteiger partial charge >= 0.3 is 0 Å². The standard InChI is InChI=1S/C12H23ClN4/c1-5-7-14-11(6-8-16(2)3)12-10(13)9-15-17(12)4/h9,11,14H,5-8H2,1-4H3. The molecule has 0 radical (unpaired) electrons. The molecule has 1 N–H and O–H groups in total. The van der Waals surface area contributed by atoms with Gasteiger partial charge in [0.1, 0.15) is 0 Å². The largest absolute Gasteiger partial charge is 0.309 e. The third-order valence-corrected chi connectivity index (χ3v) is 3.06. The predicted octanol–water partition coefficient (Wildman–Crippen LogP) is 2.07. The maximum atomic E-state index is 6.20. The van der Waals surface area contributed by atoms with Crippen molar-refractivity contribution >= 4 is 11.6 Å². The van der Waals surface area contributed by atoms with Gasteiger partial charge in [0, 0.05) is 7.05 Å². The van der Waals surface area contributed by atoms with Crippen molar-refractivity contribution < 1.29 is 0 Å². The number of aryl methyl sites for hydroxylation is 1. The lowest BCUT2D eigenvalue weighted by molar-refractivity contribution is 0.354. The van der Waals surface area contributed by atoms with Crippen LogP contribution in [0.25, 0.3) is 0 Å². The summed E-state index contributed by atoms with van der Waals surface area (Å²) < 4.78 is 1.87. The Balaban J connectivity index is 2.74. The Kier molecular flexibility index (Phi) is 5.95. The van der Waals surface area contributed by atoms with Crippen LogP contribution in [-0.2, 0) is 7.05 Å². The molecule has 0 spiro atoms. The van der Waals surface area contributed by atoms with Gasteiger partial charge in [-0.15, -0.1) is 0 Å². The number of aromatic nitrogens is 2. The third-order valence-electron chi connectivity index (χ3n) is 2.77. The van der Waals surface area contributed by atoms with Crippen LogP contribution in [0.1, 0.15) is 31.5 Å². The van der Waals surface area contributed by atoms with Crippen LogP contribution in [0.3, 0.4) is 0 Å². The first-order valence-electron chi connectivity index (χ1n) is 6.11. The summed E-state index contributed by atoms with van der Waals surface area (Å²) in [4.78, 5) is 2.19. The molecule has 1 atom stereocenters. The minimum Gasteiger partial charge on any atom is -0.309 e. The number of rotatable bonds is 7. The summed E-state index contributed by atoms with van der Waals surface area (Å²) in [6.45, 7) is 4.20. The summed E-state index contributed by atoms with van der Waals surface area (Å²) in [6, 6.07) is 0.275. The molecule has 98 valence electrons. The van der Waals surface area contributed by atoms with Crippen LogP contribution in [0, 0.1) is 0 Å². The number of hydrogen-bond donors (Lipinski definition) is 1. The molecule has 0 aliphatic rings. The van der Waals surface area contributed by atoms with E-state index in [-0.39, 0.29) is 6.04 Å². The van der Waals surface area contributed by atoms with Gasteiger partial charge in [-0.05, 0) is 40.0 Å². The summed E-state index contributed by atoms with van der Waals surface area (Å²) in [5.41, 5.74) is 1.09. The number of nitrogens with zero attached hydrogens (tertiary/aromatic N) is 3. The van der Waals surface area contributed by atoms with Gasteiger partial charge in [-0.1, -0.05) is 18.5 Å². The molecule has 1 aromatic heterocycles. The van der Waals surface area contributed by atoms with Crippen molar-refractivity contribution in [1.82, 2.24) is 20.0 Å². The quantitative estimate of drug-likeness (QED) is 0.813. The van der Waals surface area contributed by atoms with Crippen LogP contribution in [-0.4, -0.2) is 41.9 Å². The summed E-state index contributed by atoms with van der Waals surface area (Å²) in [7, 11) is 6.11. The monoisotopic (exact) mass is 258 g/mol. The zero-order valence-corrected chi connectivity index (χ0v) is 12.0. The van der Waals surface area contributed by atoms with Crippen LogP contribution in [0.5, 0.6) is 0 Å². The van der Waals surface area contributed by atoms with Crippen molar-refractivity contribution in [3.8, 4) is 0 Å². The van der Waals surface area contributed by atoms with Crippen molar-refractivity contribution in [2.45, 2.75) is 25.8 Å². The highest BCUT2D eigenvalue weighted by atomic mass is 35.5. The molecule has 1 rings (SSSR count). The minimum atomic E-state index is 0.275. The SMILES string of the molecule is CCCNC(CCN(C)C)c1c(Cl)cnn1C. The van der Waals surface area contributed by atoms with Crippen molar-refractivity contribution in [3.63, 3.8) is 0 Å². The molecule has 0 amide bonds. The third kappa shape index (κ3) is 4.30. The first kappa shape index (κ1) is 14.5. The van der Waals surface area contributed by atoms with Crippen LogP contribution in [0.15, 0.2) is 6.20 Å². The van der Waals surface area contributed by atoms with Gasteiger partial charge in [-0.25, -0.2) is 0 Å². The molecular formula is C12H23ClN4. The van der Waals surface area contributed by atoms with E-state index in [2.05, 4.69) is 36.3 Å². The molecule has 0 aromatic carbocycles. The molecule has 4 nitrogen and oxygen atoms in total. The molecule has 0 saturated carbocycles. The maximum absolute atomic E-state index is 6.20. The Morgan fingerprint density at radius 2 is 2.24 bits per heavy atom. The lowest BCUT2D eigenvalue weighted by Crippen LogP contribution is -2.28. The minimum absolute atomic E-state index is 0.275. The van der Waals surface area contributed by atoms with Crippen molar-refractivity contribution in [1.29, 1.82) is 0 Å². The van der Waals surface area contributed by atoms with E-state index in [9.17, 15) is 0 Å². The molecular weight excluding hydrogens is 236 g/mol. The second-order valence-corrected chi connectivity index (χ2v) is 5.01. The molecule has 5 heteroatoms. The molecule has 0 aliphatic heterocycles. The first-order valence-corrected chi connectivity index (χ1v) is 6.49. The average Bonchev–Trinajstić information content (AvgIpc) is 2.60. The number of hydrogen-bond acceptors (Lipinski definition) is 3. The van der Waals surface area contributed by atoms with Crippen LogP contribution < -0.4 is 5.32 Å². The summed E-state index contributed by atoms with van der Waals surface area (Å²) in [6.07, 6.45) is 3.87. The van der Waals surface area contributed by atoms with E-state index in [1.54, 1.807) is 6.20 Å². The fraction of sp³-hybridized carbons (Fsp3) is 0.750. The lowest BCUT2D eigenvalue weighted by atomic mass is 10.1. The average molecular weight is 259 g/mol. The Labute approximate surface area is 109 Å². The first-order chi connectivity index (χ1) is 8.06. The zero-order chi connectivity index (χ0) is 12.8. The van der Waals surface area contributed by atoms with Gasteiger partial charge in [-0.3, -0.25) is 4.68 Å². The van der Waals surface area contributed by atoms with E-state index in [0.29, 0.717) is 0 Å². The highest BCUT2D eigenvalue weighted by Gasteiger charge is 2.18. The van der Waals surface area contributed by atoms with E-state index in [1.807, 2.05) is 11.7 Å². The summed E-state index contributed by atoms with van der Waals surface area (Å²) in [5.74, 6) is 0. The smallest absolute Gasteiger partial charge is 0.0834 e. The molecule has 1 heterocycles. The van der Waals surface area contributed by atoms with Crippen LogP contribution in [0.2, 0.25) is 5.02 Å². The van der Waals surface area contributed by atoms with Gasteiger partial charge in [0.25, 0.3) is 0 Å². The molecule has 1 unspecified atom stereocenters. The Morgan fingerprint density at radius 3 is 2.71 bits per heavy atom. The van der Waals surface area contributed by atoms with Gasteiger partial charge < -0.3 is 10.2 Å². The molecule has 0 aliphatic carbocycles.